The van der Waals surface area contributed by atoms with Crippen molar-refractivity contribution in [2.75, 3.05) is 37.5 Å². The average Bonchev–Trinajstić information content (AvgIpc) is 3.89. The number of allylic oxidation sites excluding steroid dienone is 1. The summed E-state index contributed by atoms with van der Waals surface area (Å²) >= 11 is 0. The van der Waals surface area contributed by atoms with E-state index in [1.165, 1.54) is 17.5 Å². The van der Waals surface area contributed by atoms with Crippen LogP contribution in [0.3, 0.4) is 0 Å². The Morgan fingerprint density at radius 2 is 2.07 bits per heavy atom. The van der Waals surface area contributed by atoms with Crippen molar-refractivity contribution in [1.29, 1.82) is 0 Å². The fourth-order valence-corrected chi connectivity index (χ4v) is 9.66. The van der Waals surface area contributed by atoms with E-state index in [-0.39, 0.29) is 35.0 Å². The highest BCUT2D eigenvalue weighted by atomic mass is 32.2. The van der Waals surface area contributed by atoms with Crippen LogP contribution in [0.15, 0.2) is 59.0 Å². The summed E-state index contributed by atoms with van der Waals surface area (Å²) in [5, 5.41) is 0. The molecule has 2 heterocycles. The molecule has 2 aliphatic heterocycles. The number of rotatable bonds is 3. The first-order valence-electron chi connectivity index (χ1n) is 15.7. The van der Waals surface area contributed by atoms with Crippen molar-refractivity contribution < 1.29 is 23.3 Å². The maximum absolute atomic E-state index is 13.8. The van der Waals surface area contributed by atoms with Gasteiger partial charge in [-0.3, -0.25) is 14.3 Å². The number of fused-ring (bicyclic) bond motifs is 4. The molecule has 7 rings (SSSR count). The van der Waals surface area contributed by atoms with Crippen LogP contribution in [-0.4, -0.2) is 54.7 Å². The van der Waals surface area contributed by atoms with Crippen molar-refractivity contribution in [3.63, 3.8) is 0 Å². The molecule has 3 aliphatic carbocycles. The Kier molecular flexibility index (Phi) is 7.16. The van der Waals surface area contributed by atoms with E-state index in [4.69, 9.17) is 9.47 Å². The summed E-state index contributed by atoms with van der Waals surface area (Å²) in [4.78, 5) is 28.3. The molecular formula is C34H41N3O5S. The molecule has 5 aliphatic rings. The highest BCUT2D eigenvalue weighted by Crippen LogP contribution is 2.81. The first-order chi connectivity index (χ1) is 20.8. The van der Waals surface area contributed by atoms with Gasteiger partial charge in [0.05, 0.1) is 24.2 Å². The fourth-order valence-electron chi connectivity index (χ4n) is 7.99. The van der Waals surface area contributed by atoms with Gasteiger partial charge in [-0.25, -0.2) is 4.21 Å². The van der Waals surface area contributed by atoms with E-state index in [2.05, 4.69) is 50.4 Å². The van der Waals surface area contributed by atoms with Gasteiger partial charge in [0.25, 0.3) is 5.91 Å². The number of methoxy groups -OCH3 is 1. The number of nitrogens with one attached hydrogen (secondary N) is 1. The third-order valence-corrected chi connectivity index (χ3v) is 12.3. The van der Waals surface area contributed by atoms with E-state index in [0.717, 1.165) is 43.8 Å². The molecule has 0 saturated heterocycles. The number of anilines is 1. The number of carbonyl (C=O) groups is 2. The lowest BCUT2D eigenvalue weighted by Gasteiger charge is -2.41. The van der Waals surface area contributed by atoms with Crippen molar-refractivity contribution >= 4 is 27.4 Å². The Balaban J connectivity index is 1.32. The molecule has 6 atom stereocenters. The summed E-state index contributed by atoms with van der Waals surface area (Å²) in [6, 6.07) is 14.2. The fraction of sp³-hybridized carbons (Fsp3) is 0.529. The predicted octanol–water partition coefficient (Wildman–Crippen LogP) is 5.21. The Labute approximate surface area is 254 Å². The molecule has 0 aromatic heterocycles. The van der Waals surface area contributed by atoms with Crippen LogP contribution in [0.2, 0.25) is 0 Å². The summed E-state index contributed by atoms with van der Waals surface area (Å²) < 4.78 is 33.1. The highest BCUT2D eigenvalue weighted by molar-refractivity contribution is 7.92. The highest BCUT2D eigenvalue weighted by Gasteiger charge is 2.80. The molecule has 2 spiro atoms. The minimum Gasteiger partial charge on any atom is -0.490 e. The molecule has 2 aromatic carbocycles. The number of aryl methyl sites for hydroxylation is 1. The van der Waals surface area contributed by atoms with Crippen LogP contribution in [-0.2, 0) is 31.3 Å². The van der Waals surface area contributed by atoms with Gasteiger partial charge in [-0.2, -0.15) is 0 Å². The Bertz CT molecular complexity index is 1610. The van der Waals surface area contributed by atoms with E-state index in [9.17, 15) is 13.8 Å². The lowest BCUT2D eigenvalue weighted by Crippen LogP contribution is -2.47. The number of amides is 2. The second kappa shape index (κ2) is 10.8. The second-order valence-corrected chi connectivity index (χ2v) is 15.2. The van der Waals surface area contributed by atoms with E-state index >= 15 is 0 Å². The maximum Gasteiger partial charge on any atom is 0.286 e. The molecule has 2 bridgehead atoms. The largest absolute Gasteiger partial charge is 0.490 e. The topological polar surface area (TPSA) is 97.3 Å². The minimum atomic E-state index is -3.28. The smallest absolute Gasteiger partial charge is 0.286 e. The summed E-state index contributed by atoms with van der Waals surface area (Å²) in [6.07, 6.45) is 10.0. The standard InChI is InChI=1S/C34H41N3O5S/c1-3-30(38)35-43(40)17-8-4-5-13-29(41-2)31-26-19-34(26,31)21-37-20-33(16-9-11-23-10-6-7-12-25(23)33)22-42-28-15-14-24(18-27(28)37)32(39)36-43/h5-7,10,12-15,18,26,29,31H,3-4,8-9,11,16-17,19-22H2,1-2H3,(H,35,36,38,39,40)/b13-5+/t26?,29-,31-,33-,34-,43?/m0/s1. The summed E-state index contributed by atoms with van der Waals surface area (Å²) in [5.74, 6) is 0.972. The minimum absolute atomic E-state index is 0.0282. The third kappa shape index (κ3) is 5.08. The first-order valence-corrected chi connectivity index (χ1v) is 17.4. The van der Waals surface area contributed by atoms with Crippen LogP contribution in [0, 0.1) is 17.3 Å². The van der Waals surface area contributed by atoms with Crippen molar-refractivity contribution in [2.24, 2.45) is 21.6 Å². The van der Waals surface area contributed by atoms with Gasteiger partial charge >= 0.3 is 0 Å². The van der Waals surface area contributed by atoms with Gasteiger partial charge in [-0.1, -0.05) is 43.3 Å². The van der Waals surface area contributed by atoms with Crippen molar-refractivity contribution in [3.05, 3.63) is 71.3 Å². The number of benzene rings is 2. The lowest BCUT2D eigenvalue weighted by atomic mass is 9.70. The molecule has 2 amide bonds. The Morgan fingerprint density at radius 1 is 1.21 bits per heavy atom. The SMILES string of the molecule is CCC(=O)NS1(=O)=NC(=O)c2ccc3c(c2)N(C[C@@]2(CCCc4ccccc42)CO3)C[C@@]23CC2[C@H]3[C@@H](OC)/C=C/CCC1. The van der Waals surface area contributed by atoms with Crippen LogP contribution in [0.4, 0.5) is 5.69 Å². The second-order valence-electron chi connectivity index (χ2n) is 13.1. The molecule has 8 nitrogen and oxygen atoms in total. The van der Waals surface area contributed by atoms with Crippen molar-refractivity contribution in [2.45, 2.75) is 63.4 Å². The number of nitrogens with zero attached hydrogens (tertiary/aromatic N) is 2. The van der Waals surface area contributed by atoms with E-state index in [0.29, 0.717) is 36.8 Å². The van der Waals surface area contributed by atoms with Crippen LogP contribution >= 0.6 is 0 Å². The van der Waals surface area contributed by atoms with Gasteiger partial charge in [0, 0.05) is 37.6 Å². The monoisotopic (exact) mass is 603 g/mol. The molecule has 9 heteroatoms. The summed E-state index contributed by atoms with van der Waals surface area (Å²) in [6.45, 7) is 3.93. The summed E-state index contributed by atoms with van der Waals surface area (Å²) in [5.41, 5.74) is 4.04. The molecule has 2 unspecified atom stereocenters. The quantitative estimate of drug-likeness (QED) is 0.484. The van der Waals surface area contributed by atoms with Gasteiger partial charge in [-0.15, -0.1) is 4.36 Å². The van der Waals surface area contributed by atoms with Gasteiger partial charge in [0.15, 0.2) is 0 Å². The molecule has 2 saturated carbocycles. The van der Waals surface area contributed by atoms with E-state index in [1.807, 2.05) is 12.1 Å². The number of carbonyl (C=O) groups excluding carboxylic acids is 2. The summed E-state index contributed by atoms with van der Waals surface area (Å²) in [7, 11) is -1.50. The average molecular weight is 604 g/mol. The van der Waals surface area contributed by atoms with Gasteiger partial charge < -0.3 is 14.4 Å². The van der Waals surface area contributed by atoms with Crippen LogP contribution in [0.25, 0.3) is 0 Å². The number of hydrogen-bond donors (Lipinski definition) is 1. The molecule has 0 radical (unpaired) electrons. The zero-order valence-corrected chi connectivity index (χ0v) is 25.9. The zero-order chi connectivity index (χ0) is 29.8. The molecule has 2 aromatic rings. The van der Waals surface area contributed by atoms with Crippen molar-refractivity contribution in [1.82, 2.24) is 4.72 Å². The third-order valence-electron chi connectivity index (χ3n) is 10.5. The molecule has 43 heavy (non-hydrogen) atoms. The van der Waals surface area contributed by atoms with Crippen LogP contribution < -0.4 is 14.4 Å². The lowest BCUT2D eigenvalue weighted by molar-refractivity contribution is -0.118. The van der Waals surface area contributed by atoms with Crippen LogP contribution in [0.5, 0.6) is 5.75 Å². The van der Waals surface area contributed by atoms with Gasteiger partial charge in [-0.05, 0) is 85.1 Å². The molecule has 228 valence electrons. The molecular weight excluding hydrogens is 562 g/mol. The Morgan fingerprint density at radius 3 is 2.88 bits per heavy atom. The first kappa shape index (κ1) is 28.6. The predicted molar refractivity (Wildman–Crippen MR) is 167 cm³/mol. The molecule has 1 N–H and O–H groups in total. The van der Waals surface area contributed by atoms with Gasteiger partial charge in [0.1, 0.15) is 15.7 Å². The van der Waals surface area contributed by atoms with E-state index in [1.54, 1.807) is 20.1 Å². The van der Waals surface area contributed by atoms with Crippen LogP contribution in [0.1, 0.15) is 66.9 Å². The zero-order valence-electron chi connectivity index (χ0n) is 25.1. The normalized spacial score (nSPS) is 35.3. The van der Waals surface area contributed by atoms with Crippen molar-refractivity contribution in [3.8, 4) is 5.75 Å². The Hall–Kier alpha value is -3.17. The van der Waals surface area contributed by atoms with E-state index < -0.39 is 15.8 Å². The maximum atomic E-state index is 13.8. The number of ether oxygens (including phenoxy) is 2. The number of hydrogen-bond acceptors (Lipinski definition) is 6. The van der Waals surface area contributed by atoms with Gasteiger partial charge in [0.2, 0.25) is 5.91 Å². The molecule has 2 fully saturated rings.